The Morgan fingerprint density at radius 1 is 0.882 bits per heavy atom. The summed E-state index contributed by atoms with van der Waals surface area (Å²) in [4.78, 5) is 0. The summed E-state index contributed by atoms with van der Waals surface area (Å²) in [5.74, 6) is 2.34. The highest BCUT2D eigenvalue weighted by Crippen LogP contribution is 2.26. The second-order valence-electron chi connectivity index (χ2n) is 4.59. The lowest BCUT2D eigenvalue weighted by Crippen LogP contribution is -1.92. The first-order valence-electron chi connectivity index (χ1n) is 6.00. The Morgan fingerprint density at radius 3 is 2.18 bits per heavy atom. The van der Waals surface area contributed by atoms with Crippen LogP contribution >= 0.6 is 0 Å². The van der Waals surface area contributed by atoms with E-state index in [-0.39, 0.29) is 0 Å². The predicted molar refractivity (Wildman–Crippen MR) is 71.8 cm³/mol. The molecule has 0 aliphatic heterocycles. The molecule has 0 aliphatic rings. The van der Waals surface area contributed by atoms with Crippen molar-refractivity contribution in [1.82, 2.24) is 0 Å². The first-order valence-corrected chi connectivity index (χ1v) is 6.00. The van der Waals surface area contributed by atoms with Crippen LogP contribution in [0.25, 0.3) is 0 Å². The molecule has 1 nitrogen and oxygen atoms in total. The number of hydrogen-bond donors (Lipinski definition) is 0. The van der Waals surface area contributed by atoms with E-state index < -0.39 is 0 Å². The van der Waals surface area contributed by atoms with Crippen molar-refractivity contribution in [2.75, 3.05) is 0 Å². The van der Waals surface area contributed by atoms with Crippen molar-refractivity contribution in [3.05, 3.63) is 59.7 Å². The van der Waals surface area contributed by atoms with E-state index >= 15 is 0 Å². The number of rotatable bonds is 3. The van der Waals surface area contributed by atoms with Crippen LogP contribution in [0.5, 0.6) is 11.5 Å². The summed E-state index contributed by atoms with van der Waals surface area (Å²) in [6.07, 6.45) is 0. The van der Waals surface area contributed by atoms with E-state index in [1.807, 2.05) is 36.4 Å². The average Bonchev–Trinajstić information content (AvgIpc) is 2.30. The molecule has 2 aromatic rings. The van der Waals surface area contributed by atoms with Gasteiger partial charge in [0, 0.05) is 0 Å². The van der Waals surface area contributed by atoms with Crippen molar-refractivity contribution in [2.24, 2.45) is 0 Å². The van der Waals surface area contributed by atoms with Gasteiger partial charge in [0.25, 0.3) is 0 Å². The van der Waals surface area contributed by atoms with Crippen molar-refractivity contribution in [1.29, 1.82) is 0 Å². The third-order valence-electron chi connectivity index (χ3n) is 2.84. The number of para-hydroxylation sites is 1. The van der Waals surface area contributed by atoms with Crippen molar-refractivity contribution in [2.45, 2.75) is 26.7 Å². The average molecular weight is 226 g/mol. The highest BCUT2D eigenvalue weighted by atomic mass is 16.5. The summed E-state index contributed by atoms with van der Waals surface area (Å²) in [6, 6.07) is 16.2. The van der Waals surface area contributed by atoms with Crippen LogP contribution in [0.2, 0.25) is 0 Å². The van der Waals surface area contributed by atoms with Crippen molar-refractivity contribution in [3.63, 3.8) is 0 Å². The van der Waals surface area contributed by atoms with Crippen LogP contribution in [-0.4, -0.2) is 0 Å². The van der Waals surface area contributed by atoms with Crippen LogP contribution in [0.4, 0.5) is 0 Å². The first kappa shape index (κ1) is 11.7. The topological polar surface area (TPSA) is 9.23 Å². The Balaban J connectivity index is 2.21. The highest BCUT2D eigenvalue weighted by molar-refractivity contribution is 5.38. The molecule has 0 saturated carbocycles. The molecule has 0 fully saturated rings. The second-order valence-corrected chi connectivity index (χ2v) is 4.59. The molecule has 0 aromatic heterocycles. The summed E-state index contributed by atoms with van der Waals surface area (Å²) in [7, 11) is 0. The molecule has 0 amide bonds. The number of benzene rings is 2. The third kappa shape index (κ3) is 2.88. The molecule has 0 unspecified atom stereocenters. The zero-order valence-corrected chi connectivity index (χ0v) is 10.6. The standard InChI is InChI=1S/C16H18O/c1-12(2)16-10-9-15(11-13(16)3)17-14-7-5-4-6-8-14/h4-12H,1-3H3. The third-order valence-corrected chi connectivity index (χ3v) is 2.84. The molecule has 17 heavy (non-hydrogen) atoms. The normalized spacial score (nSPS) is 10.6. The number of ether oxygens (including phenoxy) is 1. The molecule has 0 saturated heterocycles. The van der Waals surface area contributed by atoms with Gasteiger partial charge in [0.2, 0.25) is 0 Å². The fourth-order valence-corrected chi connectivity index (χ4v) is 1.98. The first-order chi connectivity index (χ1) is 8.16. The van der Waals surface area contributed by atoms with E-state index in [9.17, 15) is 0 Å². The summed E-state index contributed by atoms with van der Waals surface area (Å²) >= 11 is 0. The Kier molecular flexibility index (Phi) is 3.48. The molecule has 0 N–H and O–H groups in total. The van der Waals surface area contributed by atoms with Gasteiger partial charge in [-0.1, -0.05) is 38.1 Å². The zero-order chi connectivity index (χ0) is 12.3. The maximum Gasteiger partial charge on any atom is 0.127 e. The summed E-state index contributed by atoms with van der Waals surface area (Å²) < 4.78 is 5.79. The minimum atomic E-state index is 0.556. The van der Waals surface area contributed by atoms with Crippen molar-refractivity contribution < 1.29 is 4.74 Å². The van der Waals surface area contributed by atoms with Gasteiger partial charge in [-0.2, -0.15) is 0 Å². The lowest BCUT2D eigenvalue weighted by Gasteiger charge is -2.12. The highest BCUT2D eigenvalue weighted by Gasteiger charge is 2.05. The minimum absolute atomic E-state index is 0.556. The molecule has 0 spiro atoms. The molecule has 2 aromatic carbocycles. The van der Waals surface area contributed by atoms with E-state index in [4.69, 9.17) is 4.74 Å². The van der Waals surface area contributed by atoms with E-state index in [2.05, 4.69) is 32.9 Å². The minimum Gasteiger partial charge on any atom is -0.457 e. The lowest BCUT2D eigenvalue weighted by molar-refractivity contribution is 0.482. The largest absolute Gasteiger partial charge is 0.457 e. The molecule has 0 radical (unpaired) electrons. The molecular formula is C16H18O. The molecular weight excluding hydrogens is 208 g/mol. The monoisotopic (exact) mass is 226 g/mol. The molecule has 0 atom stereocenters. The van der Waals surface area contributed by atoms with Crippen LogP contribution in [0, 0.1) is 6.92 Å². The fourth-order valence-electron chi connectivity index (χ4n) is 1.98. The molecule has 0 bridgehead atoms. The van der Waals surface area contributed by atoms with Gasteiger partial charge in [0.15, 0.2) is 0 Å². The van der Waals surface area contributed by atoms with Gasteiger partial charge in [0.1, 0.15) is 11.5 Å². The molecule has 0 heterocycles. The maximum atomic E-state index is 5.79. The van der Waals surface area contributed by atoms with Gasteiger partial charge >= 0.3 is 0 Å². The lowest BCUT2D eigenvalue weighted by atomic mass is 9.98. The molecule has 1 heteroatoms. The Morgan fingerprint density at radius 2 is 1.59 bits per heavy atom. The van der Waals surface area contributed by atoms with E-state index in [0.717, 1.165) is 11.5 Å². The van der Waals surface area contributed by atoms with Crippen LogP contribution in [-0.2, 0) is 0 Å². The summed E-state index contributed by atoms with van der Waals surface area (Å²) in [6.45, 7) is 6.55. The Hall–Kier alpha value is -1.76. The van der Waals surface area contributed by atoms with Gasteiger partial charge in [-0.15, -0.1) is 0 Å². The fraction of sp³-hybridized carbons (Fsp3) is 0.250. The SMILES string of the molecule is Cc1cc(Oc2ccccc2)ccc1C(C)C. The van der Waals surface area contributed by atoms with Crippen molar-refractivity contribution >= 4 is 0 Å². The number of hydrogen-bond acceptors (Lipinski definition) is 1. The second kappa shape index (κ2) is 5.05. The van der Waals surface area contributed by atoms with Crippen LogP contribution in [0.3, 0.4) is 0 Å². The van der Waals surface area contributed by atoms with E-state index in [1.54, 1.807) is 0 Å². The van der Waals surface area contributed by atoms with Crippen LogP contribution < -0.4 is 4.74 Å². The van der Waals surface area contributed by atoms with E-state index in [0.29, 0.717) is 5.92 Å². The van der Waals surface area contributed by atoms with Gasteiger partial charge in [0.05, 0.1) is 0 Å². The smallest absolute Gasteiger partial charge is 0.127 e. The van der Waals surface area contributed by atoms with E-state index in [1.165, 1.54) is 11.1 Å². The quantitative estimate of drug-likeness (QED) is 0.722. The van der Waals surface area contributed by atoms with Crippen LogP contribution in [0.1, 0.15) is 30.9 Å². The summed E-state index contributed by atoms with van der Waals surface area (Å²) in [5, 5.41) is 0. The molecule has 2 rings (SSSR count). The Labute approximate surface area is 103 Å². The van der Waals surface area contributed by atoms with Crippen LogP contribution in [0.15, 0.2) is 48.5 Å². The number of aryl methyl sites for hydroxylation is 1. The Bertz CT molecular complexity index is 486. The predicted octanol–water partition coefficient (Wildman–Crippen LogP) is 4.91. The van der Waals surface area contributed by atoms with Gasteiger partial charge < -0.3 is 4.74 Å². The molecule has 0 aliphatic carbocycles. The van der Waals surface area contributed by atoms with Gasteiger partial charge in [-0.3, -0.25) is 0 Å². The van der Waals surface area contributed by atoms with Gasteiger partial charge in [-0.25, -0.2) is 0 Å². The van der Waals surface area contributed by atoms with Crippen molar-refractivity contribution in [3.8, 4) is 11.5 Å². The van der Waals surface area contributed by atoms with Gasteiger partial charge in [-0.05, 0) is 48.2 Å². The molecule has 88 valence electrons. The maximum absolute atomic E-state index is 5.79. The summed E-state index contributed by atoms with van der Waals surface area (Å²) in [5.41, 5.74) is 2.67. The zero-order valence-electron chi connectivity index (χ0n) is 10.6.